The van der Waals surface area contributed by atoms with Gasteiger partial charge in [0.05, 0.1) is 4.92 Å². The third-order valence-corrected chi connectivity index (χ3v) is 2.83. The van der Waals surface area contributed by atoms with E-state index in [1.54, 1.807) is 18.2 Å². The van der Waals surface area contributed by atoms with Crippen molar-refractivity contribution in [1.82, 2.24) is 0 Å². The monoisotopic (exact) mass is 359 g/mol. The zero-order chi connectivity index (χ0) is 13.1. The van der Waals surface area contributed by atoms with Crippen molar-refractivity contribution >= 4 is 28.3 Å². The number of nitro groups is 1. The first-order valence-electron chi connectivity index (χ1n) is 4.94. The number of rotatable bonds is 3. The summed E-state index contributed by atoms with van der Waals surface area (Å²) in [4.78, 5) is 9.99. The minimum Gasteiger partial charge on any atom is -0.450 e. The molecule has 0 fully saturated rings. The Bertz CT molecular complexity index is 604. The molecule has 0 saturated carbocycles. The molecule has 0 aromatic heterocycles. The highest BCUT2D eigenvalue weighted by atomic mass is 127. The molecular weight excluding hydrogens is 352 g/mol. The maximum Gasteiger partial charge on any atom is 0.346 e. The summed E-state index contributed by atoms with van der Waals surface area (Å²) in [5.41, 5.74) is -0.656. The van der Waals surface area contributed by atoms with Gasteiger partial charge in [0.1, 0.15) is 5.75 Å². The molecule has 0 aliphatic rings. The van der Waals surface area contributed by atoms with E-state index in [-0.39, 0.29) is 5.75 Å². The summed E-state index contributed by atoms with van der Waals surface area (Å²) in [5, 5.41) is 10.8. The van der Waals surface area contributed by atoms with Crippen LogP contribution in [0.3, 0.4) is 0 Å². The quantitative estimate of drug-likeness (QED) is 0.470. The first kappa shape index (κ1) is 12.7. The lowest BCUT2D eigenvalue weighted by Gasteiger charge is -2.06. The Morgan fingerprint density at radius 1 is 1.22 bits per heavy atom. The molecule has 0 heterocycles. The van der Waals surface area contributed by atoms with E-state index in [0.29, 0.717) is 5.75 Å². The number of hydrogen-bond acceptors (Lipinski definition) is 3. The molecule has 92 valence electrons. The molecule has 18 heavy (non-hydrogen) atoms. The van der Waals surface area contributed by atoms with E-state index in [1.807, 2.05) is 6.07 Å². The predicted molar refractivity (Wildman–Crippen MR) is 72.3 cm³/mol. The second-order valence-electron chi connectivity index (χ2n) is 3.40. The van der Waals surface area contributed by atoms with Crippen LogP contribution in [0.2, 0.25) is 0 Å². The number of para-hydroxylation sites is 1. The number of hydrogen-bond donors (Lipinski definition) is 0. The Kier molecular flexibility index (Phi) is 3.75. The van der Waals surface area contributed by atoms with Gasteiger partial charge in [-0.3, -0.25) is 10.1 Å². The van der Waals surface area contributed by atoms with Crippen LogP contribution in [-0.4, -0.2) is 4.92 Å². The fraction of sp³-hybridized carbons (Fsp3) is 0. The fourth-order valence-corrected chi connectivity index (χ4v) is 1.93. The standard InChI is InChI=1S/C12H7FINO3/c13-10-5-2-6-11(12(10)15(16)17)18-9-4-1-3-8(14)7-9/h1-7H. The minimum atomic E-state index is -0.914. The smallest absolute Gasteiger partial charge is 0.346 e. The highest BCUT2D eigenvalue weighted by Crippen LogP contribution is 2.33. The van der Waals surface area contributed by atoms with E-state index >= 15 is 0 Å². The van der Waals surface area contributed by atoms with E-state index in [2.05, 4.69) is 22.6 Å². The van der Waals surface area contributed by atoms with Gasteiger partial charge in [-0.1, -0.05) is 12.1 Å². The molecule has 0 aliphatic heterocycles. The summed E-state index contributed by atoms with van der Waals surface area (Å²) in [7, 11) is 0. The molecule has 0 spiro atoms. The summed E-state index contributed by atoms with van der Waals surface area (Å²) >= 11 is 2.09. The van der Waals surface area contributed by atoms with Crippen LogP contribution in [0, 0.1) is 19.5 Å². The Morgan fingerprint density at radius 2 is 1.94 bits per heavy atom. The first-order valence-corrected chi connectivity index (χ1v) is 6.02. The SMILES string of the molecule is O=[N+]([O-])c1c(F)cccc1Oc1cccc(I)c1. The summed E-state index contributed by atoms with van der Waals surface area (Å²) in [6, 6.07) is 10.7. The zero-order valence-electron chi connectivity index (χ0n) is 8.97. The number of halogens is 2. The van der Waals surface area contributed by atoms with Gasteiger partial charge in [0.25, 0.3) is 0 Å². The van der Waals surface area contributed by atoms with Crippen molar-refractivity contribution in [3.63, 3.8) is 0 Å². The summed E-state index contributed by atoms with van der Waals surface area (Å²) < 4.78 is 19.6. The van der Waals surface area contributed by atoms with Crippen LogP contribution >= 0.6 is 22.6 Å². The Balaban J connectivity index is 2.40. The van der Waals surface area contributed by atoms with Crippen molar-refractivity contribution in [2.24, 2.45) is 0 Å². The van der Waals surface area contributed by atoms with E-state index in [9.17, 15) is 14.5 Å². The van der Waals surface area contributed by atoms with Crippen LogP contribution in [-0.2, 0) is 0 Å². The molecule has 4 nitrogen and oxygen atoms in total. The normalized spacial score (nSPS) is 10.1. The number of nitro benzene ring substituents is 1. The highest BCUT2D eigenvalue weighted by Gasteiger charge is 2.21. The average Bonchev–Trinajstić information content (AvgIpc) is 2.28. The molecule has 2 rings (SSSR count). The molecule has 2 aromatic rings. The fourth-order valence-electron chi connectivity index (χ4n) is 1.41. The van der Waals surface area contributed by atoms with Crippen molar-refractivity contribution < 1.29 is 14.1 Å². The summed E-state index contributed by atoms with van der Waals surface area (Å²) in [5.74, 6) is -0.597. The molecule has 0 amide bonds. The maximum atomic E-state index is 13.4. The molecular formula is C12H7FINO3. The zero-order valence-corrected chi connectivity index (χ0v) is 11.1. The van der Waals surface area contributed by atoms with E-state index in [1.165, 1.54) is 12.1 Å². The average molecular weight is 359 g/mol. The number of ether oxygens (including phenoxy) is 1. The predicted octanol–water partition coefficient (Wildman–Crippen LogP) is 4.13. The third kappa shape index (κ3) is 2.76. The first-order chi connectivity index (χ1) is 8.58. The molecule has 6 heteroatoms. The second kappa shape index (κ2) is 5.30. The summed E-state index contributed by atoms with van der Waals surface area (Å²) in [6.07, 6.45) is 0. The van der Waals surface area contributed by atoms with Gasteiger partial charge in [0.2, 0.25) is 11.6 Å². The Hall–Kier alpha value is -1.70. The van der Waals surface area contributed by atoms with Crippen LogP contribution < -0.4 is 4.74 Å². The lowest BCUT2D eigenvalue weighted by atomic mass is 10.3. The van der Waals surface area contributed by atoms with E-state index in [0.717, 1.165) is 9.64 Å². The van der Waals surface area contributed by atoms with Crippen LogP contribution in [0.25, 0.3) is 0 Å². The van der Waals surface area contributed by atoms with Gasteiger partial charge in [-0.05, 0) is 52.9 Å². The minimum absolute atomic E-state index is 0.109. The molecule has 0 saturated heterocycles. The van der Waals surface area contributed by atoms with Crippen LogP contribution in [0.4, 0.5) is 10.1 Å². The van der Waals surface area contributed by atoms with Crippen LogP contribution in [0.5, 0.6) is 11.5 Å². The van der Waals surface area contributed by atoms with Crippen molar-refractivity contribution in [3.05, 3.63) is 62.0 Å². The Labute approximate surface area is 116 Å². The lowest BCUT2D eigenvalue weighted by Crippen LogP contribution is -1.96. The van der Waals surface area contributed by atoms with Crippen molar-refractivity contribution in [2.45, 2.75) is 0 Å². The van der Waals surface area contributed by atoms with Crippen LogP contribution in [0.15, 0.2) is 42.5 Å². The largest absolute Gasteiger partial charge is 0.450 e. The molecule has 0 aliphatic carbocycles. The Morgan fingerprint density at radius 3 is 2.61 bits per heavy atom. The molecule has 0 bridgehead atoms. The van der Waals surface area contributed by atoms with Gasteiger partial charge in [-0.25, -0.2) is 0 Å². The molecule has 0 radical (unpaired) electrons. The van der Waals surface area contributed by atoms with Crippen molar-refractivity contribution in [2.75, 3.05) is 0 Å². The van der Waals surface area contributed by atoms with Crippen molar-refractivity contribution in [3.8, 4) is 11.5 Å². The second-order valence-corrected chi connectivity index (χ2v) is 4.65. The van der Waals surface area contributed by atoms with E-state index < -0.39 is 16.4 Å². The summed E-state index contributed by atoms with van der Waals surface area (Å²) in [6.45, 7) is 0. The molecule has 2 aromatic carbocycles. The lowest BCUT2D eigenvalue weighted by molar-refractivity contribution is -0.388. The molecule has 0 atom stereocenters. The van der Waals surface area contributed by atoms with Gasteiger partial charge in [-0.2, -0.15) is 4.39 Å². The van der Waals surface area contributed by atoms with Gasteiger partial charge >= 0.3 is 5.69 Å². The maximum absolute atomic E-state index is 13.4. The third-order valence-electron chi connectivity index (χ3n) is 2.16. The van der Waals surface area contributed by atoms with Gasteiger partial charge in [0.15, 0.2) is 0 Å². The van der Waals surface area contributed by atoms with Gasteiger partial charge in [-0.15, -0.1) is 0 Å². The molecule has 0 unspecified atom stereocenters. The van der Waals surface area contributed by atoms with Crippen LogP contribution in [0.1, 0.15) is 0 Å². The topological polar surface area (TPSA) is 52.4 Å². The number of benzene rings is 2. The van der Waals surface area contributed by atoms with Gasteiger partial charge < -0.3 is 4.74 Å². The van der Waals surface area contributed by atoms with E-state index in [4.69, 9.17) is 4.74 Å². The molecule has 0 N–H and O–H groups in total. The van der Waals surface area contributed by atoms with Gasteiger partial charge in [0, 0.05) is 3.57 Å². The highest BCUT2D eigenvalue weighted by molar-refractivity contribution is 14.1. The number of nitrogens with zero attached hydrogens (tertiary/aromatic N) is 1. The van der Waals surface area contributed by atoms with Crippen molar-refractivity contribution in [1.29, 1.82) is 0 Å².